The minimum Gasteiger partial charge on any atom is -0.461 e. The van der Waals surface area contributed by atoms with E-state index < -0.39 is 22.7 Å². The zero-order valence-corrected chi connectivity index (χ0v) is 17.4. The van der Waals surface area contributed by atoms with Crippen LogP contribution in [0, 0.1) is 0 Å². The van der Waals surface area contributed by atoms with Gasteiger partial charge in [-0.3, -0.25) is 19.2 Å². The van der Waals surface area contributed by atoms with Crippen LogP contribution >= 0.6 is 21.6 Å². The second-order valence-electron chi connectivity index (χ2n) is 6.56. The second kappa shape index (κ2) is 9.83. The van der Waals surface area contributed by atoms with Crippen LogP contribution in [0.2, 0.25) is 0 Å². The number of hydrogen-bond donors (Lipinski definition) is 0. The molecule has 2 rings (SSSR count). The predicted octanol–water partition coefficient (Wildman–Crippen LogP) is 3.49. The second-order valence-corrected chi connectivity index (χ2v) is 9.47. The summed E-state index contributed by atoms with van der Waals surface area (Å²) >= 11 is 0. The third-order valence-corrected chi connectivity index (χ3v) is 6.74. The molecule has 152 valence electrons. The average molecular weight is 428 g/mol. The highest BCUT2D eigenvalue weighted by Crippen LogP contribution is 2.41. The van der Waals surface area contributed by atoms with E-state index in [1.165, 1.54) is 28.5 Å². The normalized spacial score (nSPS) is 14.2. The summed E-state index contributed by atoms with van der Waals surface area (Å²) in [6, 6.07) is 7.56. The fraction of sp³-hybridized carbons (Fsp3) is 0.444. The first kappa shape index (κ1) is 22.1. The number of carbonyl (C=O) groups excluding carboxylic acids is 4. The monoisotopic (exact) mass is 427 g/mol. The zero-order chi connectivity index (χ0) is 20.7. The molecule has 0 N–H and O–H groups in total. The number of nitrogens with zero attached hydrogens (tertiary/aromatic N) is 1. The fourth-order valence-electron chi connectivity index (χ4n) is 2.00. The Morgan fingerprint density at radius 3 is 2.25 bits per heavy atom. The van der Waals surface area contributed by atoms with Crippen molar-refractivity contribution >= 4 is 45.5 Å². The van der Waals surface area contributed by atoms with Gasteiger partial charge in [0.2, 0.25) is 0 Å². The lowest BCUT2D eigenvalue weighted by atomic mass is 10.2. The van der Waals surface area contributed by atoms with Crippen molar-refractivity contribution in [2.75, 3.05) is 6.61 Å². The predicted molar refractivity (Wildman–Crippen MR) is 103 cm³/mol. The minimum atomic E-state index is -1.09. The number of imide groups is 1. The topological polar surface area (TPSA) is 99.2 Å². The number of hydrogen-bond acceptors (Lipinski definition) is 9. The van der Waals surface area contributed by atoms with E-state index in [2.05, 4.69) is 4.84 Å². The third kappa shape index (κ3) is 7.08. The van der Waals surface area contributed by atoms with E-state index in [4.69, 9.17) is 9.47 Å². The van der Waals surface area contributed by atoms with Crippen molar-refractivity contribution in [3.8, 4) is 0 Å². The van der Waals surface area contributed by atoms with E-state index in [-0.39, 0.29) is 32.0 Å². The zero-order valence-electron chi connectivity index (χ0n) is 15.8. The van der Waals surface area contributed by atoms with Crippen molar-refractivity contribution in [3.63, 3.8) is 0 Å². The molecule has 0 radical (unpaired) electrons. The number of benzene rings is 1. The standard InChI is InChI=1S/C18H21NO7S2/c1-12(20)24-10-13-4-6-14(7-5-13)27-28-18(2,3)11-25-17(23)26-19-15(21)8-9-16(19)22/h4-7H,8-11H2,1-3H3. The van der Waals surface area contributed by atoms with Crippen molar-refractivity contribution in [2.24, 2.45) is 0 Å². The molecule has 0 aliphatic carbocycles. The lowest BCUT2D eigenvalue weighted by molar-refractivity contribution is -0.177. The highest BCUT2D eigenvalue weighted by atomic mass is 33.1. The van der Waals surface area contributed by atoms with Gasteiger partial charge in [-0.25, -0.2) is 4.79 Å². The first-order valence-corrected chi connectivity index (χ1v) is 10.6. The molecule has 1 saturated heterocycles. The molecule has 0 aromatic heterocycles. The number of ether oxygens (including phenoxy) is 2. The fourth-order valence-corrected chi connectivity index (χ4v) is 4.12. The summed E-state index contributed by atoms with van der Waals surface area (Å²) in [4.78, 5) is 51.0. The van der Waals surface area contributed by atoms with Crippen molar-refractivity contribution in [3.05, 3.63) is 29.8 Å². The Bertz CT molecular complexity index is 733. The Kier molecular flexibility index (Phi) is 7.76. The van der Waals surface area contributed by atoms with Crippen LogP contribution in [0.1, 0.15) is 39.2 Å². The smallest absolute Gasteiger partial charge is 0.461 e. The summed E-state index contributed by atoms with van der Waals surface area (Å²) < 4.78 is 9.53. The molecule has 1 aliphatic rings. The molecule has 8 nitrogen and oxygen atoms in total. The Labute approximate surface area is 170 Å². The summed E-state index contributed by atoms with van der Waals surface area (Å²) in [5.41, 5.74) is 0.890. The van der Waals surface area contributed by atoms with Gasteiger partial charge in [0.05, 0.1) is 4.75 Å². The molecule has 1 fully saturated rings. The van der Waals surface area contributed by atoms with Crippen LogP contribution in [0.4, 0.5) is 4.79 Å². The molecule has 2 amide bonds. The van der Waals surface area contributed by atoms with Crippen LogP contribution in [-0.4, -0.2) is 40.4 Å². The van der Waals surface area contributed by atoms with Crippen LogP contribution in [0.3, 0.4) is 0 Å². The summed E-state index contributed by atoms with van der Waals surface area (Å²) in [6.07, 6.45) is -1.02. The first-order valence-electron chi connectivity index (χ1n) is 8.45. The molecule has 1 aromatic rings. The quantitative estimate of drug-likeness (QED) is 0.351. The molecule has 10 heteroatoms. The van der Waals surface area contributed by atoms with Gasteiger partial charge >= 0.3 is 12.1 Å². The number of carbonyl (C=O) groups is 4. The summed E-state index contributed by atoms with van der Waals surface area (Å²) in [5.74, 6) is -1.43. The lowest BCUT2D eigenvalue weighted by Gasteiger charge is -2.23. The number of rotatable bonds is 8. The number of esters is 1. The summed E-state index contributed by atoms with van der Waals surface area (Å²) in [5, 5.41) is 0.453. The van der Waals surface area contributed by atoms with Crippen LogP contribution in [0.15, 0.2) is 29.2 Å². The largest absolute Gasteiger partial charge is 0.534 e. The van der Waals surface area contributed by atoms with Gasteiger partial charge in [0.25, 0.3) is 11.8 Å². The first-order chi connectivity index (χ1) is 13.2. The van der Waals surface area contributed by atoms with Gasteiger partial charge in [0.1, 0.15) is 13.2 Å². The molecule has 0 saturated carbocycles. The van der Waals surface area contributed by atoms with Crippen molar-refractivity contribution in [2.45, 2.75) is 49.9 Å². The molecule has 1 heterocycles. The molecule has 28 heavy (non-hydrogen) atoms. The maximum Gasteiger partial charge on any atom is 0.534 e. The van der Waals surface area contributed by atoms with Crippen LogP contribution in [0.25, 0.3) is 0 Å². The van der Waals surface area contributed by atoms with Gasteiger partial charge in [-0.2, -0.15) is 0 Å². The summed E-state index contributed by atoms with van der Waals surface area (Å²) in [7, 11) is 3.00. The Balaban J connectivity index is 1.75. The van der Waals surface area contributed by atoms with Gasteiger partial charge in [0, 0.05) is 24.7 Å². The van der Waals surface area contributed by atoms with Crippen molar-refractivity contribution in [1.82, 2.24) is 5.06 Å². The highest BCUT2D eigenvalue weighted by Gasteiger charge is 2.34. The van der Waals surface area contributed by atoms with Gasteiger partial charge in [-0.05, 0) is 31.5 Å². The van der Waals surface area contributed by atoms with Crippen molar-refractivity contribution < 1.29 is 33.5 Å². The molecule has 0 spiro atoms. The Hall–Kier alpha value is -2.20. The molecule has 0 atom stereocenters. The highest BCUT2D eigenvalue weighted by molar-refractivity contribution is 8.77. The maximum absolute atomic E-state index is 11.7. The lowest BCUT2D eigenvalue weighted by Crippen LogP contribution is -2.34. The van der Waals surface area contributed by atoms with E-state index in [1.54, 1.807) is 0 Å². The summed E-state index contributed by atoms with van der Waals surface area (Å²) in [6.45, 7) is 5.40. The average Bonchev–Trinajstić information content (AvgIpc) is 2.96. The van der Waals surface area contributed by atoms with Gasteiger partial charge in [0.15, 0.2) is 0 Å². The van der Waals surface area contributed by atoms with E-state index >= 15 is 0 Å². The van der Waals surface area contributed by atoms with E-state index in [0.717, 1.165) is 10.5 Å². The number of amides is 2. The van der Waals surface area contributed by atoms with Crippen LogP contribution < -0.4 is 0 Å². The molecular weight excluding hydrogens is 406 g/mol. The Morgan fingerprint density at radius 1 is 1.07 bits per heavy atom. The maximum atomic E-state index is 11.7. The van der Waals surface area contributed by atoms with E-state index in [9.17, 15) is 19.2 Å². The van der Waals surface area contributed by atoms with E-state index in [0.29, 0.717) is 5.06 Å². The molecule has 1 aromatic carbocycles. The minimum absolute atomic E-state index is 0.0315. The molecular formula is C18H21NO7S2. The van der Waals surface area contributed by atoms with Crippen LogP contribution in [0.5, 0.6) is 0 Å². The SMILES string of the molecule is CC(=O)OCc1ccc(SSC(C)(C)COC(=O)ON2C(=O)CCC2=O)cc1. The molecule has 1 aliphatic heterocycles. The number of hydroxylamine groups is 2. The van der Waals surface area contributed by atoms with E-state index in [1.807, 2.05) is 38.1 Å². The molecule has 0 bridgehead atoms. The van der Waals surface area contributed by atoms with Crippen molar-refractivity contribution in [1.29, 1.82) is 0 Å². The molecule has 0 unspecified atom stereocenters. The van der Waals surface area contributed by atoms with Gasteiger partial charge < -0.3 is 9.47 Å². The van der Waals surface area contributed by atoms with Gasteiger partial charge in [-0.15, -0.1) is 0 Å². The third-order valence-electron chi connectivity index (χ3n) is 3.44. The van der Waals surface area contributed by atoms with Gasteiger partial charge in [-0.1, -0.05) is 38.8 Å². The Morgan fingerprint density at radius 2 is 1.68 bits per heavy atom. The van der Waals surface area contributed by atoms with Crippen LogP contribution in [-0.2, 0) is 35.3 Å².